The van der Waals surface area contributed by atoms with Crippen LogP contribution in [0.15, 0.2) is 72.8 Å². The second-order valence-corrected chi connectivity index (χ2v) is 10.1. The largest absolute Gasteiger partial charge is 0.497 e. The molecule has 0 aromatic heterocycles. The Morgan fingerprint density at radius 2 is 1.35 bits per heavy atom. The van der Waals surface area contributed by atoms with Crippen LogP contribution in [-0.4, -0.2) is 35.4 Å². The number of benzene rings is 3. The molecule has 192 valence electrons. The lowest BCUT2D eigenvalue weighted by Crippen LogP contribution is -2.56. The van der Waals surface area contributed by atoms with Crippen molar-refractivity contribution >= 4 is 52.2 Å². The molecule has 0 aliphatic heterocycles. The Hall–Kier alpha value is -3.39. The van der Waals surface area contributed by atoms with Gasteiger partial charge in [0.15, 0.2) is 0 Å². The van der Waals surface area contributed by atoms with Gasteiger partial charge >= 0.3 is 0 Å². The van der Waals surface area contributed by atoms with E-state index >= 15 is 0 Å². The zero-order valence-corrected chi connectivity index (χ0v) is 21.7. The number of nitrogens with one attached hydrogen (secondary N) is 2. The highest BCUT2D eigenvalue weighted by Crippen LogP contribution is 2.47. The number of rotatable bonds is 6. The standard InChI is InChI=1S/C28H26Cl2N2O5/c1-28(36)15-22(33)24(26(34)31-19-9-5-17(29)6-10-19)23(16-3-13-21(37-2)14-4-16)25(28)27(35)32-20-11-7-18(30)8-12-20/h3-14,23-25,36H,15H2,1-2H3,(H,31,34)(H,32,35)/t23-,24+,25+,28-/m0/s1. The van der Waals surface area contributed by atoms with Crippen LogP contribution in [0.4, 0.5) is 11.4 Å². The van der Waals surface area contributed by atoms with Crippen molar-refractivity contribution in [3.8, 4) is 5.75 Å². The maximum Gasteiger partial charge on any atom is 0.235 e. The summed E-state index contributed by atoms with van der Waals surface area (Å²) in [6, 6.07) is 19.8. The lowest BCUT2D eigenvalue weighted by Gasteiger charge is -2.44. The Bertz CT molecular complexity index is 1290. The number of carbonyl (C=O) groups is 3. The van der Waals surface area contributed by atoms with E-state index in [1.54, 1.807) is 72.8 Å². The summed E-state index contributed by atoms with van der Waals surface area (Å²) < 4.78 is 5.25. The summed E-state index contributed by atoms with van der Waals surface area (Å²) in [4.78, 5) is 40.5. The molecule has 2 amide bonds. The number of hydrogen-bond acceptors (Lipinski definition) is 5. The molecular formula is C28H26Cl2N2O5. The normalized spacial score (nSPS) is 23.3. The summed E-state index contributed by atoms with van der Waals surface area (Å²) in [6.07, 6.45) is -0.364. The first-order valence-corrected chi connectivity index (χ1v) is 12.4. The highest BCUT2D eigenvalue weighted by Gasteiger charge is 2.55. The summed E-state index contributed by atoms with van der Waals surface area (Å²) >= 11 is 11.9. The number of aliphatic hydroxyl groups is 1. The first-order valence-electron chi connectivity index (χ1n) is 11.6. The molecule has 3 aromatic carbocycles. The second-order valence-electron chi connectivity index (χ2n) is 9.25. The minimum atomic E-state index is -1.71. The molecule has 1 fully saturated rings. The number of amides is 2. The van der Waals surface area contributed by atoms with Gasteiger partial charge in [0.05, 0.1) is 18.6 Å². The van der Waals surface area contributed by atoms with Gasteiger partial charge in [-0.25, -0.2) is 0 Å². The number of anilines is 2. The Kier molecular flexibility index (Phi) is 7.87. The van der Waals surface area contributed by atoms with E-state index in [1.165, 1.54) is 14.0 Å². The van der Waals surface area contributed by atoms with Crippen LogP contribution < -0.4 is 15.4 Å². The van der Waals surface area contributed by atoms with Gasteiger partial charge in [-0.05, 0) is 73.2 Å². The third-order valence-corrected chi connectivity index (χ3v) is 7.06. The van der Waals surface area contributed by atoms with Crippen molar-refractivity contribution in [3.05, 3.63) is 88.4 Å². The van der Waals surface area contributed by atoms with Crippen molar-refractivity contribution in [2.24, 2.45) is 11.8 Å². The third-order valence-electron chi connectivity index (χ3n) is 6.56. The molecule has 37 heavy (non-hydrogen) atoms. The number of hydrogen-bond donors (Lipinski definition) is 3. The number of ketones is 1. The molecule has 0 heterocycles. The van der Waals surface area contributed by atoms with Gasteiger partial charge < -0.3 is 20.5 Å². The summed E-state index contributed by atoms with van der Waals surface area (Å²) in [5.74, 6) is -4.31. The quantitative estimate of drug-likeness (QED) is 0.367. The highest BCUT2D eigenvalue weighted by atomic mass is 35.5. The SMILES string of the molecule is COc1ccc([C@H]2[C@H](C(=O)Nc3ccc(Cl)cc3)C(=O)C[C@](C)(O)[C@H]2C(=O)Nc2ccc(Cl)cc2)cc1. The summed E-state index contributed by atoms with van der Waals surface area (Å²) in [5.41, 5.74) is -0.246. The summed E-state index contributed by atoms with van der Waals surface area (Å²) in [7, 11) is 1.52. The van der Waals surface area contributed by atoms with Crippen LogP contribution in [0.5, 0.6) is 5.75 Å². The van der Waals surface area contributed by atoms with E-state index in [0.29, 0.717) is 32.7 Å². The third kappa shape index (κ3) is 5.96. The van der Waals surface area contributed by atoms with E-state index < -0.39 is 41.0 Å². The number of Topliss-reactive ketones (excluding diaryl/α,β-unsaturated/α-hetero) is 1. The highest BCUT2D eigenvalue weighted by molar-refractivity contribution is 6.31. The fourth-order valence-corrected chi connectivity index (χ4v) is 5.08. The Labute approximate surface area is 224 Å². The van der Waals surface area contributed by atoms with Crippen molar-refractivity contribution < 1.29 is 24.2 Å². The Morgan fingerprint density at radius 1 is 0.865 bits per heavy atom. The molecule has 9 heteroatoms. The van der Waals surface area contributed by atoms with Crippen LogP contribution in [0.25, 0.3) is 0 Å². The smallest absolute Gasteiger partial charge is 0.235 e. The lowest BCUT2D eigenvalue weighted by atomic mass is 9.61. The maximum atomic E-state index is 13.7. The molecule has 1 saturated carbocycles. The average molecular weight is 541 g/mol. The summed E-state index contributed by atoms with van der Waals surface area (Å²) in [6.45, 7) is 1.45. The molecule has 0 radical (unpaired) electrons. The van der Waals surface area contributed by atoms with E-state index in [1.807, 2.05) is 0 Å². The van der Waals surface area contributed by atoms with Crippen LogP contribution in [0, 0.1) is 11.8 Å². The second kappa shape index (κ2) is 10.9. The number of halogens is 2. The van der Waals surface area contributed by atoms with Crippen molar-refractivity contribution in [2.75, 3.05) is 17.7 Å². The number of carbonyl (C=O) groups excluding carboxylic acids is 3. The topological polar surface area (TPSA) is 105 Å². The maximum absolute atomic E-state index is 13.7. The van der Waals surface area contributed by atoms with Gasteiger partial charge in [0, 0.05) is 33.8 Å². The number of ether oxygens (including phenoxy) is 1. The molecule has 4 rings (SSSR count). The zero-order valence-electron chi connectivity index (χ0n) is 20.2. The van der Waals surface area contributed by atoms with Crippen LogP contribution in [-0.2, 0) is 14.4 Å². The molecule has 3 N–H and O–H groups in total. The molecule has 0 unspecified atom stereocenters. The van der Waals surface area contributed by atoms with Gasteiger partial charge in [-0.15, -0.1) is 0 Å². The molecule has 0 spiro atoms. The molecule has 1 aliphatic carbocycles. The average Bonchev–Trinajstić information content (AvgIpc) is 2.85. The fourth-order valence-electron chi connectivity index (χ4n) is 4.82. The Balaban J connectivity index is 1.75. The zero-order chi connectivity index (χ0) is 26.7. The van der Waals surface area contributed by atoms with Gasteiger partial charge in [-0.3, -0.25) is 14.4 Å². The van der Waals surface area contributed by atoms with Gasteiger partial charge in [-0.1, -0.05) is 35.3 Å². The van der Waals surface area contributed by atoms with E-state index in [0.717, 1.165) is 0 Å². The summed E-state index contributed by atoms with van der Waals surface area (Å²) in [5, 5.41) is 17.9. The van der Waals surface area contributed by atoms with E-state index in [-0.39, 0.29) is 6.42 Å². The molecule has 1 aliphatic rings. The minimum Gasteiger partial charge on any atom is -0.497 e. The van der Waals surface area contributed by atoms with E-state index in [9.17, 15) is 19.5 Å². The van der Waals surface area contributed by atoms with Gasteiger partial charge in [0.25, 0.3) is 0 Å². The van der Waals surface area contributed by atoms with Gasteiger partial charge in [0.2, 0.25) is 11.8 Å². The lowest BCUT2D eigenvalue weighted by molar-refractivity contribution is -0.150. The van der Waals surface area contributed by atoms with E-state index in [2.05, 4.69) is 10.6 Å². The van der Waals surface area contributed by atoms with Crippen LogP contribution in [0.1, 0.15) is 24.8 Å². The molecular weight excluding hydrogens is 515 g/mol. The number of methoxy groups -OCH3 is 1. The predicted molar refractivity (Wildman–Crippen MR) is 143 cm³/mol. The van der Waals surface area contributed by atoms with Crippen molar-refractivity contribution in [2.45, 2.75) is 24.9 Å². The first kappa shape index (κ1) is 26.7. The van der Waals surface area contributed by atoms with Crippen LogP contribution in [0.3, 0.4) is 0 Å². The van der Waals surface area contributed by atoms with Gasteiger partial charge in [0.1, 0.15) is 17.5 Å². The van der Waals surface area contributed by atoms with Crippen LogP contribution >= 0.6 is 23.2 Å². The van der Waals surface area contributed by atoms with Gasteiger partial charge in [-0.2, -0.15) is 0 Å². The molecule has 0 bridgehead atoms. The molecule has 4 atom stereocenters. The first-order chi connectivity index (χ1) is 17.6. The molecule has 0 saturated heterocycles. The van der Waals surface area contributed by atoms with Crippen molar-refractivity contribution in [1.29, 1.82) is 0 Å². The molecule has 7 nitrogen and oxygen atoms in total. The monoisotopic (exact) mass is 540 g/mol. The van der Waals surface area contributed by atoms with Crippen molar-refractivity contribution in [3.63, 3.8) is 0 Å². The fraction of sp³-hybridized carbons (Fsp3) is 0.250. The Morgan fingerprint density at radius 3 is 1.84 bits per heavy atom. The minimum absolute atomic E-state index is 0.364. The van der Waals surface area contributed by atoms with Crippen LogP contribution in [0.2, 0.25) is 10.0 Å². The van der Waals surface area contributed by atoms with E-state index in [4.69, 9.17) is 27.9 Å². The van der Waals surface area contributed by atoms with Crippen molar-refractivity contribution in [1.82, 2.24) is 0 Å². The molecule has 3 aromatic rings. The predicted octanol–water partition coefficient (Wildman–Crippen LogP) is 5.32.